The molecule has 4 aromatic heterocycles. The van der Waals surface area contributed by atoms with Crippen LogP contribution in [0.4, 0.5) is 0 Å². The molecule has 20 nitrogen and oxygen atoms in total. The number of H-pyrrole nitrogens is 2. The number of para-hydroxylation sites is 2. The number of aromatic amines is 2. The molecule has 0 radical (unpaired) electrons. The Morgan fingerprint density at radius 2 is 1.35 bits per heavy atom. The molecule has 7 atom stereocenters. The molecule has 0 saturated carbocycles. The first-order valence-corrected chi connectivity index (χ1v) is 25.5. The van der Waals surface area contributed by atoms with E-state index in [-0.39, 0.29) is 61.0 Å². The molecule has 390 valence electrons. The molecule has 6 heterocycles. The maximum absolute atomic E-state index is 14.6. The van der Waals surface area contributed by atoms with E-state index in [0.717, 1.165) is 47.1 Å². The van der Waals surface area contributed by atoms with Gasteiger partial charge in [-0.2, -0.15) is 0 Å². The minimum atomic E-state index is -1.31. The monoisotopic (exact) mass is 1020 g/mol. The largest absolute Gasteiger partial charge is 0.361 e. The summed E-state index contributed by atoms with van der Waals surface area (Å²) in [5.74, 6) is -1.57. The lowest BCUT2D eigenvalue weighted by atomic mass is 9.96. The average molecular weight is 1020 g/mol. The number of rotatable bonds is 19. The van der Waals surface area contributed by atoms with Crippen molar-refractivity contribution in [1.29, 1.82) is 0 Å². The van der Waals surface area contributed by atoms with E-state index in [1.807, 2.05) is 91.9 Å². The number of imidazole rings is 2. The van der Waals surface area contributed by atoms with Gasteiger partial charge in [-0.3, -0.25) is 28.8 Å². The van der Waals surface area contributed by atoms with Crippen LogP contribution in [-0.2, 0) is 32.0 Å². The van der Waals surface area contributed by atoms with Crippen molar-refractivity contribution >= 4 is 46.5 Å². The molecule has 2 saturated heterocycles. The highest BCUT2D eigenvalue weighted by Gasteiger charge is 2.39. The molecule has 2 aliphatic heterocycles. The molecule has 20 heteroatoms. The van der Waals surface area contributed by atoms with Crippen LogP contribution in [0.25, 0.3) is 11.0 Å². The minimum Gasteiger partial charge on any atom is -0.361 e. The number of carbonyl (C=O) groups is 6. The van der Waals surface area contributed by atoms with Gasteiger partial charge in [0.2, 0.25) is 23.6 Å². The van der Waals surface area contributed by atoms with Crippen molar-refractivity contribution < 1.29 is 37.8 Å². The number of likely N-dealkylation sites (tertiary alicyclic amines) is 2. The van der Waals surface area contributed by atoms with Gasteiger partial charge in [0.15, 0.2) is 11.4 Å². The number of carbonyl (C=O) groups excluding carboxylic acids is 6. The predicted octanol–water partition coefficient (Wildman–Crippen LogP) is 6.13. The Morgan fingerprint density at radius 3 is 2.01 bits per heavy atom. The Labute approximate surface area is 433 Å². The van der Waals surface area contributed by atoms with Crippen molar-refractivity contribution in [2.24, 2.45) is 5.92 Å². The summed E-state index contributed by atoms with van der Waals surface area (Å²) in [5, 5.41) is 19.2. The maximum Gasteiger partial charge on any atom is 0.274 e. The molecule has 3 aromatic carbocycles. The molecule has 7 aromatic rings. The lowest BCUT2D eigenvalue weighted by Gasteiger charge is -2.34. The van der Waals surface area contributed by atoms with Gasteiger partial charge in [-0.25, -0.2) is 9.97 Å². The lowest BCUT2D eigenvalue weighted by Crippen LogP contribution is -2.51. The fourth-order valence-corrected chi connectivity index (χ4v) is 9.99. The van der Waals surface area contributed by atoms with Gasteiger partial charge in [0.05, 0.1) is 42.0 Å². The summed E-state index contributed by atoms with van der Waals surface area (Å²) in [6.45, 7) is 7.98. The number of aryl methyl sites for hydroxylation is 1. The van der Waals surface area contributed by atoms with Crippen molar-refractivity contribution in [2.75, 3.05) is 13.1 Å². The molecule has 75 heavy (non-hydrogen) atoms. The minimum absolute atomic E-state index is 0.00304. The van der Waals surface area contributed by atoms with Gasteiger partial charge in [0.1, 0.15) is 35.3 Å². The number of nitrogens with zero attached hydrogens (tertiary/aromatic N) is 6. The van der Waals surface area contributed by atoms with Gasteiger partial charge in [0, 0.05) is 56.0 Å². The van der Waals surface area contributed by atoms with Crippen LogP contribution < -0.4 is 21.3 Å². The molecule has 9 rings (SSSR count). The number of fused-ring (bicyclic) bond motifs is 1. The third-order valence-corrected chi connectivity index (χ3v) is 14.0. The zero-order valence-corrected chi connectivity index (χ0v) is 42.4. The quantitative estimate of drug-likeness (QED) is 0.0535. The fraction of sp³-hybridized carbons (Fsp3) is 0.382. The number of amides is 6. The normalized spacial score (nSPS) is 18.2. The van der Waals surface area contributed by atoms with Crippen molar-refractivity contribution in [3.05, 3.63) is 155 Å². The van der Waals surface area contributed by atoms with Crippen LogP contribution in [-0.4, -0.2) is 107 Å². The summed E-state index contributed by atoms with van der Waals surface area (Å²) < 4.78 is 10.9. The van der Waals surface area contributed by atoms with E-state index in [0.29, 0.717) is 42.6 Å². The Morgan fingerprint density at radius 1 is 0.720 bits per heavy atom. The summed E-state index contributed by atoms with van der Waals surface area (Å²) in [6.07, 6.45) is 5.20. The zero-order chi connectivity index (χ0) is 52.6. The Hall–Kier alpha value is -8.42. The Kier molecular flexibility index (Phi) is 15.9. The van der Waals surface area contributed by atoms with Gasteiger partial charge >= 0.3 is 0 Å². The number of aromatic nitrogens is 6. The Bertz CT molecular complexity index is 3100. The van der Waals surface area contributed by atoms with Crippen LogP contribution >= 0.6 is 0 Å². The van der Waals surface area contributed by atoms with Gasteiger partial charge < -0.3 is 50.1 Å². The van der Waals surface area contributed by atoms with Crippen LogP contribution in [0.3, 0.4) is 0 Å². The van der Waals surface area contributed by atoms with Crippen LogP contribution in [0, 0.1) is 12.8 Å². The second-order valence-corrected chi connectivity index (χ2v) is 19.7. The highest BCUT2D eigenvalue weighted by atomic mass is 16.5. The van der Waals surface area contributed by atoms with Gasteiger partial charge in [-0.05, 0) is 82.6 Å². The van der Waals surface area contributed by atoms with E-state index in [2.05, 4.69) is 51.5 Å². The van der Waals surface area contributed by atoms with E-state index in [1.165, 1.54) is 12.1 Å². The molecule has 2 fully saturated rings. The smallest absolute Gasteiger partial charge is 0.274 e. The lowest BCUT2D eigenvalue weighted by molar-refractivity contribution is -0.137. The third kappa shape index (κ3) is 12.7. The fourth-order valence-electron chi connectivity index (χ4n) is 9.99. The topological polar surface area (TPSA) is 266 Å². The molecule has 6 amide bonds. The second-order valence-electron chi connectivity index (χ2n) is 19.7. The number of hydrogen-bond donors (Lipinski definition) is 6. The first-order valence-electron chi connectivity index (χ1n) is 25.5. The summed E-state index contributed by atoms with van der Waals surface area (Å²) in [5.41, 5.74) is 4.23. The van der Waals surface area contributed by atoms with Crippen LogP contribution in [0.2, 0.25) is 0 Å². The molecule has 0 aliphatic carbocycles. The third-order valence-electron chi connectivity index (χ3n) is 14.0. The number of piperidine rings is 1. The number of nitrogens with one attached hydrogen (secondary N) is 6. The van der Waals surface area contributed by atoms with Gasteiger partial charge in [0.25, 0.3) is 11.8 Å². The standard InChI is InChI=1S/C55H62N12O8/c1-32-15-13-14-22-66(32)48(68)28-43(52(70)57-34(3)50-56-30-39(59-50)24-36-16-7-5-8-17-36)63-55(73)46-27-40(75-65-46)25-37-26-47(38-18-9-6-10-19-38)67(31-37)49(69)29-44(62-54(72)45-23-33(2)74-64-45)53(71)58-35(4)51-60-41-20-11-12-21-42(41)61-51/h5-12,16-21,23,27,30,32,34-35,37,43-44,47H,13-15,22,24-26,28-29,31H2,1-4H3,(H,56,59)(H,57,70)(H,58,71)(H,60,61)(H,62,72)(H,63,73)/t32-,34-,35?,37?,43-,44-,47+/m0/s1. The maximum atomic E-state index is 14.6. The van der Waals surface area contributed by atoms with E-state index in [9.17, 15) is 28.8 Å². The molecule has 0 spiro atoms. The average Bonchev–Trinajstić information content (AvgIpc) is 4.28. The van der Waals surface area contributed by atoms with Crippen LogP contribution in [0.1, 0.15) is 138 Å². The molecule has 2 unspecified atom stereocenters. The highest BCUT2D eigenvalue weighted by molar-refractivity contribution is 5.99. The van der Waals surface area contributed by atoms with Gasteiger partial charge in [-0.1, -0.05) is 83.1 Å². The molecule has 0 bridgehead atoms. The number of hydrogen-bond acceptors (Lipinski definition) is 12. The van der Waals surface area contributed by atoms with Gasteiger partial charge in [-0.15, -0.1) is 0 Å². The molecular weight excluding hydrogens is 957 g/mol. The summed E-state index contributed by atoms with van der Waals surface area (Å²) in [6, 6.07) is 25.7. The molecule has 2 aliphatic rings. The van der Waals surface area contributed by atoms with Crippen molar-refractivity contribution in [1.82, 2.24) is 61.3 Å². The first-order chi connectivity index (χ1) is 36.2. The number of benzene rings is 3. The second kappa shape index (κ2) is 23.2. The summed E-state index contributed by atoms with van der Waals surface area (Å²) >= 11 is 0. The predicted molar refractivity (Wildman–Crippen MR) is 274 cm³/mol. The zero-order valence-electron chi connectivity index (χ0n) is 42.4. The van der Waals surface area contributed by atoms with E-state index in [4.69, 9.17) is 9.05 Å². The molecule has 6 N–H and O–H groups in total. The van der Waals surface area contributed by atoms with Crippen LogP contribution in [0.15, 0.2) is 112 Å². The summed E-state index contributed by atoms with van der Waals surface area (Å²) in [4.78, 5) is 103. The highest BCUT2D eigenvalue weighted by Crippen LogP contribution is 2.38. The Balaban J connectivity index is 0.880. The van der Waals surface area contributed by atoms with Crippen LogP contribution in [0.5, 0.6) is 0 Å². The summed E-state index contributed by atoms with van der Waals surface area (Å²) in [7, 11) is 0. The van der Waals surface area contributed by atoms with E-state index < -0.39 is 53.8 Å². The van der Waals surface area contributed by atoms with Crippen molar-refractivity contribution in [3.8, 4) is 0 Å². The first kappa shape index (κ1) is 51.5. The molecular formula is C55H62N12O8. The van der Waals surface area contributed by atoms with Crippen molar-refractivity contribution in [3.63, 3.8) is 0 Å². The van der Waals surface area contributed by atoms with E-state index in [1.54, 1.807) is 36.8 Å². The van der Waals surface area contributed by atoms with E-state index >= 15 is 0 Å². The SMILES string of the molecule is Cc1cc(C(=O)N[C@@H](CC(=O)N2CC(Cc3cc(C(=O)N[C@@H](CC(=O)N4CCCC[C@@H]4C)C(=O)N[C@@H](C)c4ncc(Cc5ccccc5)[nH]4)no3)C[C@@H]2c2ccccc2)C(=O)NC(C)c2nc3ccccc3[nH]2)no1. The van der Waals surface area contributed by atoms with Crippen molar-refractivity contribution in [2.45, 2.75) is 115 Å².